The van der Waals surface area contributed by atoms with E-state index in [1.54, 1.807) is 0 Å². The smallest absolute Gasteiger partial charge is 0.00705 e. The molecule has 0 radical (unpaired) electrons. The fourth-order valence-corrected chi connectivity index (χ4v) is 3.16. The molecule has 94 valence electrons. The van der Waals surface area contributed by atoms with Crippen LogP contribution in [0.1, 0.15) is 46.0 Å². The van der Waals surface area contributed by atoms with Crippen molar-refractivity contribution in [3.8, 4) is 0 Å². The molecule has 1 N–H and O–H groups in total. The molecule has 1 heterocycles. The largest absolute Gasteiger partial charge is 0.311 e. The summed E-state index contributed by atoms with van der Waals surface area (Å²) in [6.07, 6.45) is 7.12. The number of nitrogens with zero attached hydrogens (tertiary/aromatic N) is 1. The van der Waals surface area contributed by atoms with Crippen LogP contribution in [-0.2, 0) is 0 Å². The van der Waals surface area contributed by atoms with Gasteiger partial charge in [-0.2, -0.15) is 0 Å². The summed E-state index contributed by atoms with van der Waals surface area (Å²) in [6.45, 7) is 7.35. The molecule has 0 aromatic rings. The van der Waals surface area contributed by atoms with Crippen molar-refractivity contribution in [2.24, 2.45) is 11.8 Å². The molecule has 0 amide bonds. The molecule has 0 bridgehead atoms. The first kappa shape index (κ1) is 12.4. The van der Waals surface area contributed by atoms with E-state index in [1.807, 2.05) is 0 Å². The lowest BCUT2D eigenvalue weighted by Gasteiger charge is -2.38. The number of likely N-dealkylation sites (tertiary alicyclic amines) is 1. The van der Waals surface area contributed by atoms with Gasteiger partial charge in [0.15, 0.2) is 0 Å². The van der Waals surface area contributed by atoms with Crippen molar-refractivity contribution >= 4 is 0 Å². The maximum Gasteiger partial charge on any atom is 0.00705 e. The van der Waals surface area contributed by atoms with E-state index in [1.165, 1.54) is 45.2 Å². The van der Waals surface area contributed by atoms with Crippen LogP contribution in [0.4, 0.5) is 0 Å². The van der Waals surface area contributed by atoms with E-state index in [4.69, 9.17) is 0 Å². The molecule has 1 aliphatic heterocycles. The zero-order chi connectivity index (χ0) is 11.5. The Kier molecular flexibility index (Phi) is 4.26. The molecule has 1 saturated carbocycles. The van der Waals surface area contributed by atoms with Gasteiger partial charge < -0.3 is 10.2 Å². The molecule has 1 saturated heterocycles. The SMILES string of the molecule is C[C@H](N[C@H](C)C1CCN(C)CC1)C1CCC1. The molecule has 0 aromatic carbocycles. The number of nitrogens with one attached hydrogen (secondary N) is 1. The van der Waals surface area contributed by atoms with Gasteiger partial charge in [-0.3, -0.25) is 0 Å². The fraction of sp³-hybridized carbons (Fsp3) is 1.00. The van der Waals surface area contributed by atoms with Gasteiger partial charge >= 0.3 is 0 Å². The normalized spacial score (nSPS) is 28.7. The van der Waals surface area contributed by atoms with Crippen LogP contribution in [0.5, 0.6) is 0 Å². The highest BCUT2D eigenvalue weighted by atomic mass is 15.1. The average Bonchev–Trinajstić information content (AvgIpc) is 2.15. The van der Waals surface area contributed by atoms with Crippen LogP contribution in [0, 0.1) is 11.8 Å². The summed E-state index contributed by atoms with van der Waals surface area (Å²) in [4.78, 5) is 2.46. The standard InChI is InChI=1S/C14H28N2/c1-11(13-5-4-6-13)15-12(2)14-7-9-16(3)10-8-14/h11-15H,4-10H2,1-3H3/t11-,12+/m0/s1. The molecule has 0 unspecified atom stereocenters. The van der Waals surface area contributed by atoms with Crippen LogP contribution in [-0.4, -0.2) is 37.1 Å². The number of hydrogen-bond acceptors (Lipinski definition) is 2. The molecular weight excluding hydrogens is 196 g/mol. The Morgan fingerprint density at radius 3 is 1.88 bits per heavy atom. The second-order valence-electron chi connectivity index (χ2n) is 6.08. The first-order chi connectivity index (χ1) is 7.66. The maximum atomic E-state index is 3.85. The number of hydrogen-bond donors (Lipinski definition) is 1. The molecule has 2 rings (SSSR count). The highest BCUT2D eigenvalue weighted by molar-refractivity contribution is 4.85. The van der Waals surface area contributed by atoms with Crippen LogP contribution in [0.25, 0.3) is 0 Å². The highest BCUT2D eigenvalue weighted by Gasteiger charge is 2.28. The summed E-state index contributed by atoms with van der Waals surface area (Å²) in [5.74, 6) is 1.87. The van der Waals surface area contributed by atoms with E-state index < -0.39 is 0 Å². The van der Waals surface area contributed by atoms with E-state index in [0.29, 0.717) is 6.04 Å². The Balaban J connectivity index is 1.72. The van der Waals surface area contributed by atoms with Crippen molar-refractivity contribution in [2.75, 3.05) is 20.1 Å². The molecule has 2 aliphatic rings. The Morgan fingerprint density at radius 2 is 1.44 bits per heavy atom. The summed E-state index contributed by atoms with van der Waals surface area (Å²) >= 11 is 0. The topological polar surface area (TPSA) is 15.3 Å². The van der Waals surface area contributed by atoms with E-state index in [2.05, 4.69) is 31.1 Å². The van der Waals surface area contributed by atoms with Crippen molar-refractivity contribution in [1.29, 1.82) is 0 Å². The van der Waals surface area contributed by atoms with Gasteiger partial charge in [-0.15, -0.1) is 0 Å². The van der Waals surface area contributed by atoms with E-state index >= 15 is 0 Å². The Labute approximate surface area is 101 Å². The molecule has 2 heteroatoms. The van der Waals surface area contributed by atoms with Gasteiger partial charge in [0.05, 0.1) is 0 Å². The lowest BCUT2D eigenvalue weighted by Crippen LogP contribution is -2.47. The second-order valence-corrected chi connectivity index (χ2v) is 6.08. The minimum absolute atomic E-state index is 0.712. The van der Waals surface area contributed by atoms with Gasteiger partial charge in [0.1, 0.15) is 0 Å². The van der Waals surface area contributed by atoms with Gasteiger partial charge in [0.25, 0.3) is 0 Å². The molecule has 2 fully saturated rings. The van der Waals surface area contributed by atoms with Crippen LogP contribution >= 0.6 is 0 Å². The summed E-state index contributed by atoms with van der Waals surface area (Å²) in [5, 5.41) is 3.85. The number of rotatable bonds is 4. The first-order valence-electron chi connectivity index (χ1n) is 7.11. The van der Waals surface area contributed by atoms with Crippen LogP contribution < -0.4 is 5.32 Å². The Hall–Kier alpha value is -0.0800. The first-order valence-corrected chi connectivity index (χ1v) is 7.11. The highest BCUT2D eigenvalue weighted by Crippen LogP contribution is 2.30. The lowest BCUT2D eigenvalue weighted by molar-refractivity contribution is 0.163. The fourth-order valence-electron chi connectivity index (χ4n) is 3.16. The molecule has 2 nitrogen and oxygen atoms in total. The quantitative estimate of drug-likeness (QED) is 0.789. The van der Waals surface area contributed by atoms with Crippen molar-refractivity contribution in [3.63, 3.8) is 0 Å². The molecule has 1 aliphatic carbocycles. The van der Waals surface area contributed by atoms with Gasteiger partial charge in [-0.1, -0.05) is 6.42 Å². The van der Waals surface area contributed by atoms with Gasteiger partial charge in [0.2, 0.25) is 0 Å². The van der Waals surface area contributed by atoms with Crippen molar-refractivity contribution in [3.05, 3.63) is 0 Å². The molecule has 16 heavy (non-hydrogen) atoms. The summed E-state index contributed by atoms with van der Waals surface area (Å²) in [6, 6.07) is 1.45. The van der Waals surface area contributed by atoms with Crippen molar-refractivity contribution in [2.45, 2.75) is 58.0 Å². The Bertz CT molecular complexity index is 205. The second kappa shape index (κ2) is 5.50. The predicted octanol–water partition coefficient (Wildman–Crippen LogP) is 2.49. The third kappa shape index (κ3) is 2.98. The molecule has 0 aromatic heterocycles. The van der Waals surface area contributed by atoms with E-state index in [9.17, 15) is 0 Å². The molecule has 2 atom stereocenters. The van der Waals surface area contributed by atoms with E-state index in [-0.39, 0.29) is 0 Å². The van der Waals surface area contributed by atoms with Gasteiger partial charge in [-0.05, 0) is 71.5 Å². The number of piperidine rings is 1. The predicted molar refractivity (Wildman–Crippen MR) is 69.6 cm³/mol. The van der Waals surface area contributed by atoms with Crippen LogP contribution in [0.3, 0.4) is 0 Å². The average molecular weight is 224 g/mol. The molecular formula is C14H28N2. The Morgan fingerprint density at radius 1 is 0.938 bits per heavy atom. The maximum absolute atomic E-state index is 3.85. The van der Waals surface area contributed by atoms with Crippen LogP contribution in [0.15, 0.2) is 0 Å². The third-order valence-electron chi connectivity index (χ3n) is 4.85. The monoisotopic (exact) mass is 224 g/mol. The summed E-state index contributed by atoms with van der Waals surface area (Å²) < 4.78 is 0. The van der Waals surface area contributed by atoms with Crippen LogP contribution in [0.2, 0.25) is 0 Å². The minimum atomic E-state index is 0.712. The van der Waals surface area contributed by atoms with Crippen molar-refractivity contribution in [1.82, 2.24) is 10.2 Å². The van der Waals surface area contributed by atoms with Crippen molar-refractivity contribution < 1.29 is 0 Å². The minimum Gasteiger partial charge on any atom is -0.311 e. The summed E-state index contributed by atoms with van der Waals surface area (Å²) in [7, 11) is 2.24. The third-order valence-corrected chi connectivity index (χ3v) is 4.85. The lowest BCUT2D eigenvalue weighted by atomic mass is 9.79. The summed E-state index contributed by atoms with van der Waals surface area (Å²) in [5.41, 5.74) is 0. The zero-order valence-corrected chi connectivity index (χ0v) is 11.2. The zero-order valence-electron chi connectivity index (χ0n) is 11.2. The van der Waals surface area contributed by atoms with E-state index in [0.717, 1.165) is 17.9 Å². The molecule has 0 spiro atoms. The van der Waals surface area contributed by atoms with Gasteiger partial charge in [0, 0.05) is 12.1 Å². The van der Waals surface area contributed by atoms with Gasteiger partial charge in [-0.25, -0.2) is 0 Å².